The molecule has 0 spiro atoms. The average molecular weight is 277 g/mol. The van der Waals surface area contributed by atoms with Crippen LogP contribution in [0.3, 0.4) is 0 Å². The summed E-state index contributed by atoms with van der Waals surface area (Å²) in [5, 5.41) is 2.51. The molecule has 1 atom stereocenters. The minimum absolute atomic E-state index is 0.217. The van der Waals surface area contributed by atoms with Crippen LogP contribution in [0.4, 0.5) is 5.82 Å². The second kappa shape index (κ2) is 5.04. The van der Waals surface area contributed by atoms with Crippen LogP contribution in [-0.2, 0) is 9.53 Å². The van der Waals surface area contributed by atoms with E-state index in [-0.39, 0.29) is 11.6 Å². The van der Waals surface area contributed by atoms with Crippen molar-refractivity contribution in [3.8, 4) is 0 Å². The zero-order valence-corrected chi connectivity index (χ0v) is 11.1. The van der Waals surface area contributed by atoms with Crippen molar-refractivity contribution < 1.29 is 14.3 Å². The highest BCUT2D eigenvalue weighted by molar-refractivity contribution is 5.96. The van der Waals surface area contributed by atoms with Crippen LogP contribution in [0.2, 0.25) is 0 Å². The minimum atomic E-state index is -0.838. The number of hydrogen-bond acceptors (Lipinski definition) is 7. The summed E-state index contributed by atoms with van der Waals surface area (Å²) in [5.41, 5.74) is 0.591. The third-order valence-corrected chi connectivity index (χ3v) is 3.53. The van der Waals surface area contributed by atoms with Gasteiger partial charge in [-0.2, -0.15) is 0 Å². The van der Waals surface area contributed by atoms with Crippen LogP contribution in [0.25, 0.3) is 0 Å². The fourth-order valence-electron chi connectivity index (χ4n) is 2.35. The number of ether oxygens (including phenoxy) is 1. The number of aromatic nitrogens is 2. The molecule has 2 aliphatic heterocycles. The van der Waals surface area contributed by atoms with Crippen LogP contribution in [0, 0.1) is 0 Å². The predicted molar refractivity (Wildman–Crippen MR) is 69.1 cm³/mol. The van der Waals surface area contributed by atoms with Crippen molar-refractivity contribution in [3.05, 3.63) is 17.6 Å². The van der Waals surface area contributed by atoms with Gasteiger partial charge in [-0.05, 0) is 7.05 Å². The fraction of sp³-hybridized carbons (Fsp3) is 0.500. The van der Waals surface area contributed by atoms with Gasteiger partial charge in [0.05, 0.1) is 6.20 Å². The Hall–Kier alpha value is -2.22. The molecule has 2 aliphatic rings. The molecule has 0 saturated carbocycles. The van der Waals surface area contributed by atoms with Crippen LogP contribution >= 0.6 is 0 Å². The first-order valence-corrected chi connectivity index (χ1v) is 6.39. The van der Waals surface area contributed by atoms with Gasteiger partial charge in [0, 0.05) is 26.2 Å². The highest BCUT2D eigenvalue weighted by Crippen LogP contribution is 2.25. The van der Waals surface area contributed by atoms with E-state index >= 15 is 0 Å². The molecule has 20 heavy (non-hydrogen) atoms. The number of hydrogen-bond donors (Lipinski definition) is 1. The van der Waals surface area contributed by atoms with Gasteiger partial charge in [-0.15, -0.1) is 0 Å². The van der Waals surface area contributed by atoms with Gasteiger partial charge in [0.2, 0.25) is 6.23 Å². The maximum atomic E-state index is 11.7. The molecule has 8 heteroatoms. The van der Waals surface area contributed by atoms with Crippen LogP contribution in [-0.4, -0.2) is 60.5 Å². The molecule has 1 saturated heterocycles. The normalized spacial score (nSPS) is 22.4. The molecular formula is C12H15N5O3. The van der Waals surface area contributed by atoms with Gasteiger partial charge in [-0.1, -0.05) is 0 Å². The van der Waals surface area contributed by atoms with Crippen molar-refractivity contribution in [2.75, 3.05) is 38.1 Å². The Labute approximate surface area is 115 Å². The largest absolute Gasteiger partial charge is 0.438 e. The summed E-state index contributed by atoms with van der Waals surface area (Å²) in [4.78, 5) is 35.0. The Morgan fingerprint density at radius 3 is 2.85 bits per heavy atom. The van der Waals surface area contributed by atoms with Gasteiger partial charge in [0.1, 0.15) is 11.5 Å². The van der Waals surface area contributed by atoms with E-state index in [1.165, 1.54) is 0 Å². The smallest absolute Gasteiger partial charge is 0.295 e. The van der Waals surface area contributed by atoms with Crippen LogP contribution < -0.4 is 10.2 Å². The van der Waals surface area contributed by atoms with Gasteiger partial charge in [0.15, 0.2) is 5.69 Å². The van der Waals surface area contributed by atoms with Gasteiger partial charge < -0.3 is 19.9 Å². The maximum Gasteiger partial charge on any atom is 0.295 e. The molecule has 8 nitrogen and oxygen atoms in total. The highest BCUT2D eigenvalue weighted by atomic mass is 16.5. The van der Waals surface area contributed by atoms with Gasteiger partial charge >= 0.3 is 0 Å². The summed E-state index contributed by atoms with van der Waals surface area (Å²) >= 11 is 0. The van der Waals surface area contributed by atoms with Crippen molar-refractivity contribution in [1.29, 1.82) is 0 Å². The number of piperazine rings is 1. The summed E-state index contributed by atoms with van der Waals surface area (Å²) in [5.74, 6) is 0.331. The Kier molecular flexibility index (Phi) is 3.23. The number of nitrogens with zero attached hydrogens (tertiary/aromatic N) is 4. The van der Waals surface area contributed by atoms with Crippen molar-refractivity contribution in [2.24, 2.45) is 0 Å². The summed E-state index contributed by atoms with van der Waals surface area (Å²) in [7, 11) is 2.07. The standard InChI is InChI=1S/C12H15N5O3/c1-16-2-4-17(5-3-16)8-6-13-9-10(14-8)12(20-7-18)15-11(9)19/h6-7,12H,2-5H2,1H3,(H,15,19). The predicted octanol–water partition coefficient (Wildman–Crippen LogP) is -0.857. The minimum Gasteiger partial charge on any atom is -0.438 e. The molecule has 1 unspecified atom stereocenters. The lowest BCUT2D eigenvalue weighted by molar-refractivity contribution is -0.134. The fourth-order valence-corrected chi connectivity index (χ4v) is 2.35. The van der Waals surface area contributed by atoms with E-state index in [9.17, 15) is 9.59 Å². The summed E-state index contributed by atoms with van der Waals surface area (Å²) in [6.07, 6.45) is 0.752. The summed E-state index contributed by atoms with van der Waals surface area (Å²) in [6, 6.07) is 0. The van der Waals surface area contributed by atoms with Crippen LogP contribution in [0.5, 0.6) is 0 Å². The van der Waals surface area contributed by atoms with Crippen molar-refractivity contribution in [2.45, 2.75) is 6.23 Å². The van der Waals surface area contributed by atoms with Crippen molar-refractivity contribution in [3.63, 3.8) is 0 Å². The van der Waals surface area contributed by atoms with E-state index in [2.05, 4.69) is 32.1 Å². The zero-order chi connectivity index (χ0) is 14.1. The second-order valence-electron chi connectivity index (χ2n) is 4.84. The molecule has 0 radical (unpaired) electrons. The number of carbonyl (C=O) groups excluding carboxylic acids is 2. The molecule has 1 fully saturated rings. The first-order valence-electron chi connectivity index (χ1n) is 6.39. The van der Waals surface area contributed by atoms with Gasteiger partial charge in [0.25, 0.3) is 12.4 Å². The molecule has 0 bridgehead atoms. The number of rotatable bonds is 3. The topological polar surface area (TPSA) is 87.7 Å². The Bertz CT molecular complexity index is 542. The first-order chi connectivity index (χ1) is 9.69. The van der Waals surface area contributed by atoms with E-state index in [0.29, 0.717) is 18.0 Å². The van der Waals surface area contributed by atoms with E-state index in [0.717, 1.165) is 26.2 Å². The average Bonchev–Trinajstić information content (AvgIpc) is 2.76. The summed E-state index contributed by atoms with van der Waals surface area (Å²) < 4.78 is 4.82. The Morgan fingerprint density at radius 1 is 1.40 bits per heavy atom. The van der Waals surface area contributed by atoms with Crippen LogP contribution in [0.1, 0.15) is 22.4 Å². The third kappa shape index (κ3) is 2.18. The molecule has 0 aromatic carbocycles. The van der Waals surface area contributed by atoms with Gasteiger partial charge in [-0.3, -0.25) is 9.59 Å². The number of carbonyl (C=O) groups is 2. The molecule has 1 aromatic rings. The lowest BCUT2D eigenvalue weighted by Crippen LogP contribution is -2.45. The highest BCUT2D eigenvalue weighted by Gasteiger charge is 2.34. The van der Waals surface area contributed by atoms with E-state index in [1.807, 2.05) is 0 Å². The SMILES string of the molecule is CN1CCN(c2cnc3c(n2)C(OC=O)NC3=O)CC1. The second-order valence-corrected chi connectivity index (χ2v) is 4.84. The number of nitrogens with one attached hydrogen (secondary N) is 1. The molecule has 1 N–H and O–H groups in total. The number of likely N-dealkylation sites (N-methyl/N-ethyl adjacent to an activating group) is 1. The Balaban J connectivity index is 1.86. The number of anilines is 1. The quantitative estimate of drug-likeness (QED) is 0.719. The molecule has 1 aromatic heterocycles. The molecule has 106 valence electrons. The third-order valence-electron chi connectivity index (χ3n) is 3.53. The summed E-state index contributed by atoms with van der Waals surface area (Å²) in [6.45, 7) is 3.90. The van der Waals surface area contributed by atoms with E-state index < -0.39 is 6.23 Å². The Morgan fingerprint density at radius 2 is 2.15 bits per heavy atom. The lowest BCUT2D eigenvalue weighted by atomic mass is 10.3. The zero-order valence-electron chi connectivity index (χ0n) is 11.1. The number of amides is 1. The maximum absolute atomic E-state index is 11.7. The monoisotopic (exact) mass is 277 g/mol. The van der Waals surface area contributed by atoms with Crippen molar-refractivity contribution in [1.82, 2.24) is 20.2 Å². The lowest BCUT2D eigenvalue weighted by Gasteiger charge is -2.33. The molecule has 3 heterocycles. The van der Waals surface area contributed by atoms with Crippen molar-refractivity contribution >= 4 is 18.2 Å². The molecule has 0 aliphatic carbocycles. The molecular weight excluding hydrogens is 262 g/mol. The molecule has 3 rings (SSSR count). The van der Waals surface area contributed by atoms with E-state index in [4.69, 9.17) is 4.74 Å². The van der Waals surface area contributed by atoms with Crippen LogP contribution in [0.15, 0.2) is 6.20 Å². The first kappa shape index (κ1) is 12.8. The number of fused-ring (bicyclic) bond motifs is 1. The van der Waals surface area contributed by atoms with E-state index in [1.54, 1.807) is 6.20 Å². The molecule has 1 amide bonds. The van der Waals surface area contributed by atoms with Gasteiger partial charge in [-0.25, -0.2) is 9.97 Å².